The molecule has 0 unspecified atom stereocenters. The van der Waals surface area contributed by atoms with Crippen molar-refractivity contribution in [1.29, 1.82) is 0 Å². The zero-order chi connectivity index (χ0) is 19.1. The molecule has 0 spiro atoms. The summed E-state index contributed by atoms with van der Waals surface area (Å²) in [5.41, 5.74) is 0.653. The molecule has 2 heterocycles. The van der Waals surface area contributed by atoms with E-state index in [1.54, 1.807) is 18.5 Å². The van der Waals surface area contributed by atoms with E-state index in [1.165, 1.54) is 13.3 Å². The van der Waals surface area contributed by atoms with E-state index >= 15 is 0 Å². The van der Waals surface area contributed by atoms with Crippen LogP contribution < -0.4 is 4.74 Å². The van der Waals surface area contributed by atoms with Crippen molar-refractivity contribution in [3.05, 3.63) is 34.6 Å². The molecule has 3 aromatic rings. The molecule has 10 heteroatoms. The lowest BCUT2D eigenvalue weighted by Gasteiger charge is -2.16. The van der Waals surface area contributed by atoms with Crippen molar-refractivity contribution < 1.29 is 22.6 Å². The fraction of sp³-hybridized carbons (Fsp3) is 0.312. The summed E-state index contributed by atoms with van der Waals surface area (Å²) in [6, 6.07) is 1.97. The van der Waals surface area contributed by atoms with Crippen LogP contribution in [0.15, 0.2) is 18.3 Å². The summed E-state index contributed by atoms with van der Waals surface area (Å²) >= 11 is 5.84. The number of aryl methyl sites for hydroxylation is 2. The molecule has 2 aromatic heterocycles. The number of hydrogen-bond donors (Lipinski definition) is 0. The first-order valence-electron chi connectivity index (χ1n) is 7.41. The molecule has 0 N–H and O–H groups in total. The molecular formula is C16H14ClF3N4O2. The lowest BCUT2D eigenvalue weighted by Crippen LogP contribution is -2.09. The zero-order valence-corrected chi connectivity index (χ0v) is 14.8. The van der Waals surface area contributed by atoms with Crippen LogP contribution in [0, 0.1) is 6.92 Å². The molecule has 0 aliphatic rings. The van der Waals surface area contributed by atoms with Crippen LogP contribution in [0.5, 0.6) is 5.75 Å². The number of nitrogens with zero attached hydrogens (tertiary/aromatic N) is 4. The quantitative estimate of drug-likeness (QED) is 0.634. The van der Waals surface area contributed by atoms with Gasteiger partial charge in [-0.15, -0.1) is 0 Å². The minimum atomic E-state index is -4.50. The summed E-state index contributed by atoms with van der Waals surface area (Å²) in [6.45, 7) is 1.34. The molecule has 0 atom stereocenters. The van der Waals surface area contributed by atoms with E-state index in [4.69, 9.17) is 21.1 Å². The summed E-state index contributed by atoms with van der Waals surface area (Å²) < 4.78 is 51.3. The maximum Gasteiger partial charge on any atom is 0.416 e. The molecule has 3 rings (SSSR count). The van der Waals surface area contributed by atoms with Crippen LogP contribution in [0.1, 0.15) is 11.1 Å². The van der Waals surface area contributed by atoms with Gasteiger partial charge in [0.1, 0.15) is 16.7 Å². The van der Waals surface area contributed by atoms with Crippen molar-refractivity contribution in [2.45, 2.75) is 13.1 Å². The van der Waals surface area contributed by atoms with Crippen LogP contribution in [-0.2, 0) is 18.0 Å². The SMILES string of the molecule is COCOc1cc(C(F)(F)F)cc(C)c1-c1nc2nc(Cl)cnc2n1C. The number of methoxy groups -OCH3 is 1. The topological polar surface area (TPSA) is 62.1 Å². The van der Waals surface area contributed by atoms with Crippen molar-refractivity contribution in [2.75, 3.05) is 13.9 Å². The van der Waals surface area contributed by atoms with Gasteiger partial charge in [-0.2, -0.15) is 13.2 Å². The third-order valence-corrected chi connectivity index (χ3v) is 3.92. The first-order valence-corrected chi connectivity index (χ1v) is 7.79. The van der Waals surface area contributed by atoms with Crippen molar-refractivity contribution in [2.24, 2.45) is 7.05 Å². The highest BCUT2D eigenvalue weighted by Crippen LogP contribution is 2.39. The van der Waals surface area contributed by atoms with Gasteiger partial charge in [-0.05, 0) is 24.6 Å². The number of halogens is 4. The molecule has 0 fully saturated rings. The molecular weight excluding hydrogens is 373 g/mol. The van der Waals surface area contributed by atoms with E-state index in [2.05, 4.69) is 15.0 Å². The van der Waals surface area contributed by atoms with E-state index in [0.717, 1.165) is 12.1 Å². The van der Waals surface area contributed by atoms with Crippen LogP contribution in [0.25, 0.3) is 22.7 Å². The molecule has 26 heavy (non-hydrogen) atoms. The largest absolute Gasteiger partial charge is 0.467 e. The van der Waals surface area contributed by atoms with Gasteiger partial charge in [-0.3, -0.25) is 0 Å². The third-order valence-electron chi connectivity index (χ3n) is 3.74. The van der Waals surface area contributed by atoms with Crippen LogP contribution in [0.2, 0.25) is 5.15 Å². The number of benzene rings is 1. The molecule has 0 aliphatic heterocycles. The van der Waals surface area contributed by atoms with E-state index in [1.807, 2.05) is 0 Å². The van der Waals surface area contributed by atoms with Gasteiger partial charge in [0.05, 0.1) is 17.3 Å². The van der Waals surface area contributed by atoms with Gasteiger partial charge < -0.3 is 14.0 Å². The molecule has 0 saturated heterocycles. The Morgan fingerprint density at radius 1 is 1.23 bits per heavy atom. The van der Waals surface area contributed by atoms with E-state index in [9.17, 15) is 13.2 Å². The lowest BCUT2D eigenvalue weighted by molar-refractivity contribution is -0.137. The Morgan fingerprint density at radius 3 is 2.62 bits per heavy atom. The smallest absolute Gasteiger partial charge is 0.416 e. The van der Waals surface area contributed by atoms with Gasteiger partial charge in [0, 0.05) is 14.2 Å². The minimum Gasteiger partial charge on any atom is -0.467 e. The highest BCUT2D eigenvalue weighted by molar-refractivity contribution is 6.29. The fourth-order valence-electron chi connectivity index (χ4n) is 2.60. The summed E-state index contributed by atoms with van der Waals surface area (Å²) in [5, 5.41) is 0.169. The molecule has 138 valence electrons. The second kappa shape index (κ2) is 6.73. The number of aromatic nitrogens is 4. The third kappa shape index (κ3) is 3.32. The number of ether oxygens (including phenoxy) is 2. The van der Waals surface area contributed by atoms with E-state index < -0.39 is 11.7 Å². The highest BCUT2D eigenvalue weighted by Gasteiger charge is 2.33. The standard InChI is InChI=1S/C16H14ClF3N4O2/c1-8-4-9(16(18,19)20)5-10(26-7-25-3)12(8)14-23-13-15(24(14)2)21-6-11(17)22-13/h4-6H,7H2,1-3H3. The van der Waals surface area contributed by atoms with Gasteiger partial charge in [-0.1, -0.05) is 11.6 Å². The maximum atomic E-state index is 13.2. The van der Waals surface area contributed by atoms with E-state index in [0.29, 0.717) is 22.6 Å². The molecule has 0 amide bonds. The van der Waals surface area contributed by atoms with Gasteiger partial charge in [0.15, 0.2) is 18.1 Å². The van der Waals surface area contributed by atoms with Crippen molar-refractivity contribution in [3.63, 3.8) is 0 Å². The molecule has 0 bridgehead atoms. The summed E-state index contributed by atoms with van der Waals surface area (Å²) in [5.74, 6) is 0.364. The second-order valence-electron chi connectivity index (χ2n) is 5.55. The van der Waals surface area contributed by atoms with E-state index in [-0.39, 0.29) is 23.3 Å². The van der Waals surface area contributed by atoms with Crippen LogP contribution in [0.4, 0.5) is 13.2 Å². The molecule has 1 aromatic carbocycles. The molecule has 0 aliphatic carbocycles. The number of rotatable bonds is 4. The summed E-state index contributed by atoms with van der Waals surface area (Å²) in [6.07, 6.45) is -3.13. The Bertz CT molecular complexity index is 972. The summed E-state index contributed by atoms with van der Waals surface area (Å²) in [7, 11) is 3.06. The number of imidazole rings is 1. The summed E-state index contributed by atoms with van der Waals surface area (Å²) in [4.78, 5) is 12.6. The van der Waals surface area contributed by atoms with Crippen LogP contribution >= 0.6 is 11.6 Å². The van der Waals surface area contributed by atoms with Gasteiger partial charge in [0.2, 0.25) is 0 Å². The average Bonchev–Trinajstić information content (AvgIpc) is 2.87. The normalized spacial score (nSPS) is 12.0. The monoisotopic (exact) mass is 386 g/mol. The predicted octanol–water partition coefficient (Wildman–Crippen LogP) is 3.99. The number of hydrogen-bond acceptors (Lipinski definition) is 5. The number of fused-ring (bicyclic) bond motifs is 1. The maximum absolute atomic E-state index is 13.2. The van der Waals surface area contributed by atoms with Gasteiger partial charge in [0.25, 0.3) is 0 Å². The van der Waals surface area contributed by atoms with Gasteiger partial charge >= 0.3 is 6.18 Å². The van der Waals surface area contributed by atoms with Gasteiger partial charge in [-0.25, -0.2) is 15.0 Å². The molecule has 6 nitrogen and oxygen atoms in total. The van der Waals surface area contributed by atoms with Crippen LogP contribution in [-0.4, -0.2) is 33.4 Å². The van der Waals surface area contributed by atoms with Crippen molar-refractivity contribution in [1.82, 2.24) is 19.5 Å². The Morgan fingerprint density at radius 2 is 1.96 bits per heavy atom. The first-order chi connectivity index (χ1) is 12.2. The van der Waals surface area contributed by atoms with Crippen LogP contribution in [0.3, 0.4) is 0 Å². The molecule has 0 radical (unpaired) electrons. The number of alkyl halides is 3. The Hall–Kier alpha value is -2.39. The predicted molar refractivity (Wildman–Crippen MR) is 89.0 cm³/mol. The zero-order valence-electron chi connectivity index (χ0n) is 14.1. The minimum absolute atomic E-state index is 0.00341. The fourth-order valence-corrected chi connectivity index (χ4v) is 2.73. The Kier molecular flexibility index (Phi) is 4.76. The first kappa shape index (κ1) is 18.4. The Balaban J connectivity index is 2.25. The second-order valence-corrected chi connectivity index (χ2v) is 5.94. The highest BCUT2D eigenvalue weighted by atomic mass is 35.5. The average molecular weight is 387 g/mol. The van der Waals surface area contributed by atoms with Crippen molar-refractivity contribution in [3.8, 4) is 17.1 Å². The lowest BCUT2D eigenvalue weighted by atomic mass is 10.0. The Labute approximate surface area is 151 Å². The van der Waals surface area contributed by atoms with Crippen molar-refractivity contribution >= 4 is 22.9 Å². The molecule has 0 saturated carbocycles.